The maximum absolute atomic E-state index is 2.40. The van der Waals surface area contributed by atoms with Crippen LogP contribution in [0.5, 0.6) is 0 Å². The van der Waals surface area contributed by atoms with Gasteiger partial charge in [0.2, 0.25) is 0 Å². The van der Waals surface area contributed by atoms with Gasteiger partial charge in [-0.3, -0.25) is 0 Å². The van der Waals surface area contributed by atoms with Crippen molar-refractivity contribution in [2.24, 2.45) is 0 Å². The Balaban J connectivity index is 0.00000112. The predicted octanol–water partition coefficient (Wildman–Crippen LogP) is -1.87. The third-order valence-corrected chi connectivity index (χ3v) is 7.93. The second kappa shape index (κ2) is 7.56. The van der Waals surface area contributed by atoms with Crippen molar-refractivity contribution in [2.75, 3.05) is 0 Å². The molecule has 3 heteroatoms. The van der Waals surface area contributed by atoms with Crippen molar-refractivity contribution in [3.05, 3.63) is 44.2 Å². The van der Waals surface area contributed by atoms with Crippen molar-refractivity contribution >= 4 is 0 Å². The molecule has 16 heavy (non-hydrogen) atoms. The van der Waals surface area contributed by atoms with Crippen LogP contribution in [0.25, 0.3) is 0 Å². The van der Waals surface area contributed by atoms with Gasteiger partial charge in [0, 0.05) is 0 Å². The molecular weight excluding hydrogens is 275 g/mol. The molecule has 0 radical (unpaired) electrons. The van der Waals surface area contributed by atoms with Gasteiger partial charge in [0.05, 0.1) is 0 Å². The van der Waals surface area contributed by atoms with Gasteiger partial charge < -0.3 is 24.8 Å². The Labute approximate surface area is 117 Å². The van der Waals surface area contributed by atoms with Gasteiger partial charge in [-0.05, 0) is 0 Å². The van der Waals surface area contributed by atoms with E-state index in [1.807, 2.05) is 0 Å². The number of rotatable bonds is 3. The molecule has 0 amide bonds. The van der Waals surface area contributed by atoms with Gasteiger partial charge in [0.25, 0.3) is 0 Å². The average molecular weight is 292 g/mol. The molecule has 2 rings (SSSR count). The van der Waals surface area contributed by atoms with Gasteiger partial charge >= 0.3 is 93.0 Å². The summed E-state index contributed by atoms with van der Waals surface area (Å²) in [5, 5.41) is 0. The molecular formula is C13H17Cl2Ti. The van der Waals surface area contributed by atoms with Gasteiger partial charge in [-0.15, -0.1) is 0 Å². The summed E-state index contributed by atoms with van der Waals surface area (Å²) in [5.74, 6) is 0. The molecule has 0 unspecified atom stereocenters. The van der Waals surface area contributed by atoms with E-state index in [9.17, 15) is 0 Å². The van der Waals surface area contributed by atoms with E-state index in [0.717, 1.165) is 4.22 Å². The molecule has 0 aromatic heterocycles. The molecule has 0 spiro atoms. The van der Waals surface area contributed by atoms with Crippen molar-refractivity contribution in [1.82, 2.24) is 0 Å². The molecule has 0 aromatic rings. The van der Waals surface area contributed by atoms with Crippen LogP contribution in [0, 0.1) is 0 Å². The monoisotopic (exact) mass is 291 g/mol. The SMILES string of the molecule is C[CH](C)[Ti+2]([C]1=CC=CC1)[C]1=CC=CC1.[Cl-].[Cl-]. The molecule has 0 saturated carbocycles. The smallest absolute Gasteiger partial charge is 1.00 e. The fraction of sp³-hybridized carbons (Fsp3) is 0.385. The first-order chi connectivity index (χ1) is 6.79. The fourth-order valence-electron chi connectivity index (χ4n) is 2.24. The Morgan fingerprint density at radius 2 is 1.38 bits per heavy atom. The van der Waals surface area contributed by atoms with Crippen LogP contribution in [-0.4, -0.2) is 0 Å². The van der Waals surface area contributed by atoms with E-state index in [1.165, 1.54) is 12.8 Å². The minimum absolute atomic E-state index is 0. The summed E-state index contributed by atoms with van der Waals surface area (Å²) >= 11 is -1.11. The Morgan fingerprint density at radius 3 is 1.62 bits per heavy atom. The van der Waals surface area contributed by atoms with Crippen LogP contribution in [0.2, 0.25) is 4.22 Å². The molecule has 0 aromatic carbocycles. The molecule has 0 fully saturated rings. The van der Waals surface area contributed by atoms with Gasteiger partial charge in [-0.1, -0.05) is 0 Å². The van der Waals surface area contributed by atoms with Crippen molar-refractivity contribution in [2.45, 2.75) is 30.9 Å². The zero-order chi connectivity index (χ0) is 9.97. The molecule has 0 atom stereocenters. The first kappa shape index (κ1) is 16.3. The third-order valence-electron chi connectivity index (χ3n) is 2.81. The Bertz CT molecular complexity index is 308. The summed E-state index contributed by atoms with van der Waals surface area (Å²) in [5.41, 5.74) is 0. The Hall–Kier alpha value is 0.254. The molecule has 87 valence electrons. The van der Waals surface area contributed by atoms with Crippen LogP contribution in [0.3, 0.4) is 0 Å². The van der Waals surface area contributed by atoms with Gasteiger partial charge in [0.1, 0.15) is 0 Å². The normalized spacial score (nSPS) is 16.7. The van der Waals surface area contributed by atoms with Crippen LogP contribution in [0.15, 0.2) is 44.2 Å². The third kappa shape index (κ3) is 3.63. The van der Waals surface area contributed by atoms with Gasteiger partial charge in [-0.25, -0.2) is 0 Å². The second-order valence-corrected chi connectivity index (χ2v) is 9.32. The first-order valence-corrected chi connectivity index (χ1v) is 7.84. The van der Waals surface area contributed by atoms with E-state index < -0.39 is 17.9 Å². The molecule has 2 aliphatic rings. The summed E-state index contributed by atoms with van der Waals surface area (Å²) in [6, 6.07) is 0. The van der Waals surface area contributed by atoms with Crippen molar-refractivity contribution in [3.8, 4) is 0 Å². The molecule has 0 nitrogen and oxygen atoms in total. The maximum atomic E-state index is 2.40. The summed E-state index contributed by atoms with van der Waals surface area (Å²) in [6.07, 6.45) is 16.3. The van der Waals surface area contributed by atoms with E-state index >= 15 is 0 Å². The molecule has 0 bridgehead atoms. The summed E-state index contributed by atoms with van der Waals surface area (Å²) in [7, 11) is 0. The van der Waals surface area contributed by atoms with Crippen LogP contribution in [-0.2, 0) is 17.9 Å². The summed E-state index contributed by atoms with van der Waals surface area (Å²) < 4.78 is 4.40. The molecule has 0 heterocycles. The average Bonchev–Trinajstić information content (AvgIpc) is 2.75. The van der Waals surface area contributed by atoms with E-state index in [4.69, 9.17) is 0 Å². The fourth-order valence-corrected chi connectivity index (χ4v) is 7.12. The minimum Gasteiger partial charge on any atom is -1.00 e. The summed E-state index contributed by atoms with van der Waals surface area (Å²) in [4.78, 5) is 0. The molecule has 0 saturated heterocycles. The van der Waals surface area contributed by atoms with Crippen LogP contribution in [0.1, 0.15) is 26.7 Å². The van der Waals surface area contributed by atoms with Crippen LogP contribution < -0.4 is 24.8 Å². The van der Waals surface area contributed by atoms with Crippen molar-refractivity contribution in [3.63, 3.8) is 0 Å². The molecule has 2 aliphatic carbocycles. The number of hydrogen-bond donors (Lipinski definition) is 0. The quantitative estimate of drug-likeness (QED) is 0.535. The van der Waals surface area contributed by atoms with Crippen molar-refractivity contribution < 1.29 is 42.7 Å². The van der Waals surface area contributed by atoms with Gasteiger partial charge in [0.15, 0.2) is 0 Å². The minimum atomic E-state index is -1.11. The Kier molecular flexibility index (Phi) is 7.68. The largest absolute Gasteiger partial charge is 1.00 e. The van der Waals surface area contributed by atoms with Crippen molar-refractivity contribution in [1.29, 1.82) is 0 Å². The maximum Gasteiger partial charge on any atom is -1.00 e. The topological polar surface area (TPSA) is 0 Å². The number of allylic oxidation sites excluding steroid dienone is 8. The standard InChI is InChI=1S/2C5H5.C3H7.2ClH.Ti/c2*1-2-4-5-3-1;1-3-2;;;/h2*1-3H,4H2;3H,1-2H3;2*1H;/q;;;;;+2/p-2. The van der Waals surface area contributed by atoms with Crippen LogP contribution in [0.4, 0.5) is 0 Å². The van der Waals surface area contributed by atoms with Gasteiger partial charge in [-0.2, -0.15) is 0 Å². The van der Waals surface area contributed by atoms with E-state index in [2.05, 4.69) is 50.3 Å². The van der Waals surface area contributed by atoms with E-state index in [0.29, 0.717) is 0 Å². The number of hydrogen-bond acceptors (Lipinski definition) is 0. The zero-order valence-corrected chi connectivity index (χ0v) is 12.8. The predicted molar refractivity (Wildman–Crippen MR) is 58.8 cm³/mol. The van der Waals surface area contributed by atoms with E-state index in [1.54, 1.807) is 7.76 Å². The molecule has 0 aliphatic heterocycles. The zero-order valence-electron chi connectivity index (χ0n) is 9.71. The number of halogens is 2. The molecule has 0 N–H and O–H groups in total. The first-order valence-electron chi connectivity index (χ1n) is 5.38. The second-order valence-electron chi connectivity index (χ2n) is 4.22. The Morgan fingerprint density at radius 1 is 0.938 bits per heavy atom. The van der Waals surface area contributed by atoms with E-state index in [-0.39, 0.29) is 24.8 Å². The van der Waals surface area contributed by atoms with Crippen LogP contribution >= 0.6 is 0 Å². The summed E-state index contributed by atoms with van der Waals surface area (Å²) in [6.45, 7) is 4.79.